The minimum absolute atomic E-state index is 0.166. The molecule has 0 radical (unpaired) electrons. The molecule has 0 aliphatic carbocycles. The molecule has 0 aliphatic rings. The number of hydrogen-bond donors (Lipinski definition) is 0. The van der Waals surface area contributed by atoms with Gasteiger partial charge in [-0.1, -0.05) is 41.2 Å². The first kappa shape index (κ1) is 13.4. The number of thiazole rings is 1. The van der Waals surface area contributed by atoms with E-state index in [0.717, 1.165) is 20.7 Å². The van der Waals surface area contributed by atoms with Gasteiger partial charge >= 0.3 is 0 Å². The third-order valence-corrected chi connectivity index (χ3v) is 4.82. The zero-order valence-corrected chi connectivity index (χ0v) is 13.3. The maximum Gasteiger partial charge on any atom is 0.279 e. The van der Waals surface area contributed by atoms with Gasteiger partial charge < -0.3 is 0 Å². The van der Waals surface area contributed by atoms with Crippen molar-refractivity contribution >= 4 is 44.6 Å². The minimum Gasteiger partial charge on any atom is -0.267 e. The van der Waals surface area contributed by atoms with E-state index in [1.807, 2.05) is 55.5 Å². The predicted molar refractivity (Wildman–Crippen MR) is 90.3 cm³/mol. The summed E-state index contributed by atoms with van der Waals surface area (Å²) in [6, 6.07) is 15.4. The van der Waals surface area contributed by atoms with Gasteiger partial charge in [-0.15, -0.1) is 0 Å². The Bertz CT molecular complexity index is 1070. The van der Waals surface area contributed by atoms with Crippen molar-refractivity contribution in [2.45, 2.75) is 6.92 Å². The molecule has 0 N–H and O–H groups in total. The molecular weight excluding hydrogens is 314 g/mol. The van der Waals surface area contributed by atoms with E-state index in [1.165, 1.54) is 16.0 Å². The zero-order chi connectivity index (χ0) is 15.3. The smallest absolute Gasteiger partial charge is 0.267 e. The van der Waals surface area contributed by atoms with Gasteiger partial charge in [0.1, 0.15) is 0 Å². The van der Waals surface area contributed by atoms with Gasteiger partial charge in [0.2, 0.25) is 9.73 Å². The SMILES string of the molecule is Cc1ccc(C(=O)n2c(=S)nc3sc4ccccc4n32)cc1. The lowest BCUT2D eigenvalue weighted by Gasteiger charge is -2.04. The van der Waals surface area contributed by atoms with E-state index in [0.29, 0.717) is 5.56 Å². The molecule has 4 rings (SSSR count). The molecular formula is C16H11N3OS2. The van der Waals surface area contributed by atoms with Crippen LogP contribution in [0.5, 0.6) is 0 Å². The fraction of sp³-hybridized carbons (Fsp3) is 0.0625. The fourth-order valence-corrected chi connectivity index (χ4v) is 3.75. The number of para-hydroxylation sites is 1. The van der Waals surface area contributed by atoms with Gasteiger partial charge in [-0.05, 0) is 43.4 Å². The molecule has 0 bridgehead atoms. The third kappa shape index (κ3) is 1.92. The summed E-state index contributed by atoms with van der Waals surface area (Å²) in [6.45, 7) is 1.99. The number of fused-ring (bicyclic) bond motifs is 3. The van der Waals surface area contributed by atoms with E-state index in [2.05, 4.69) is 4.98 Å². The average molecular weight is 325 g/mol. The van der Waals surface area contributed by atoms with Gasteiger partial charge in [-0.2, -0.15) is 9.67 Å². The van der Waals surface area contributed by atoms with E-state index in [1.54, 1.807) is 4.52 Å². The lowest BCUT2D eigenvalue weighted by molar-refractivity contribution is 0.0939. The number of carbonyl (C=O) groups excluding carboxylic acids is 1. The quantitative estimate of drug-likeness (QED) is 0.495. The Kier molecular flexibility index (Phi) is 2.95. The second-order valence-corrected chi connectivity index (χ2v) is 6.42. The average Bonchev–Trinajstić information content (AvgIpc) is 3.01. The largest absolute Gasteiger partial charge is 0.279 e. The molecule has 0 amide bonds. The first-order valence-electron chi connectivity index (χ1n) is 6.76. The molecule has 0 unspecified atom stereocenters. The summed E-state index contributed by atoms with van der Waals surface area (Å²) < 4.78 is 4.62. The van der Waals surface area contributed by atoms with Crippen molar-refractivity contribution in [3.63, 3.8) is 0 Å². The van der Waals surface area contributed by atoms with Crippen molar-refractivity contribution in [3.8, 4) is 0 Å². The first-order valence-corrected chi connectivity index (χ1v) is 7.98. The molecule has 22 heavy (non-hydrogen) atoms. The standard InChI is InChI=1S/C16H11N3OS2/c1-10-6-8-11(9-7-10)14(20)19-15(21)17-16-18(19)12-4-2-3-5-13(12)22-16/h2-9H,1H3. The van der Waals surface area contributed by atoms with Gasteiger partial charge in [-0.25, -0.2) is 4.52 Å². The normalized spacial score (nSPS) is 11.3. The number of aryl methyl sites for hydroxylation is 1. The molecule has 2 aromatic heterocycles. The molecule has 108 valence electrons. The van der Waals surface area contributed by atoms with E-state index < -0.39 is 0 Å². The minimum atomic E-state index is -0.166. The summed E-state index contributed by atoms with van der Waals surface area (Å²) in [6.07, 6.45) is 0. The number of hydrogen-bond acceptors (Lipinski definition) is 4. The number of rotatable bonds is 1. The van der Waals surface area contributed by atoms with Crippen LogP contribution in [0.1, 0.15) is 15.9 Å². The van der Waals surface area contributed by atoms with Crippen LogP contribution >= 0.6 is 23.6 Å². The Balaban J connectivity index is 2.01. The van der Waals surface area contributed by atoms with Crippen molar-refractivity contribution < 1.29 is 4.79 Å². The lowest BCUT2D eigenvalue weighted by Crippen LogP contribution is -2.17. The summed E-state index contributed by atoms with van der Waals surface area (Å²) in [4.78, 5) is 17.9. The monoisotopic (exact) mass is 325 g/mol. The Morgan fingerprint density at radius 3 is 2.64 bits per heavy atom. The van der Waals surface area contributed by atoms with Crippen LogP contribution in [0.3, 0.4) is 0 Å². The third-order valence-electron chi connectivity index (χ3n) is 3.54. The number of aromatic nitrogens is 3. The molecule has 0 saturated carbocycles. The van der Waals surface area contributed by atoms with Crippen molar-refractivity contribution in [1.82, 2.24) is 14.2 Å². The van der Waals surface area contributed by atoms with Crippen LogP contribution in [-0.4, -0.2) is 20.1 Å². The number of carbonyl (C=O) groups is 1. The van der Waals surface area contributed by atoms with Crippen LogP contribution in [0, 0.1) is 11.7 Å². The molecule has 4 nitrogen and oxygen atoms in total. The highest BCUT2D eigenvalue weighted by molar-refractivity contribution is 7.71. The van der Waals surface area contributed by atoms with Gasteiger partial charge in [0, 0.05) is 5.56 Å². The van der Waals surface area contributed by atoms with Crippen LogP contribution in [-0.2, 0) is 0 Å². The maximum absolute atomic E-state index is 12.8. The van der Waals surface area contributed by atoms with E-state index in [-0.39, 0.29) is 10.7 Å². The highest BCUT2D eigenvalue weighted by Crippen LogP contribution is 2.25. The van der Waals surface area contributed by atoms with Gasteiger partial charge in [0.15, 0.2) is 0 Å². The Morgan fingerprint density at radius 2 is 1.86 bits per heavy atom. The molecule has 4 aromatic rings. The summed E-state index contributed by atoms with van der Waals surface area (Å²) in [5.74, 6) is -0.166. The molecule has 0 aliphatic heterocycles. The van der Waals surface area contributed by atoms with E-state index in [9.17, 15) is 4.79 Å². The Hall–Kier alpha value is -2.31. The summed E-state index contributed by atoms with van der Waals surface area (Å²) in [7, 11) is 0. The highest BCUT2D eigenvalue weighted by Gasteiger charge is 2.17. The summed E-state index contributed by atoms with van der Waals surface area (Å²) in [5.41, 5.74) is 2.64. The van der Waals surface area contributed by atoms with Crippen molar-refractivity contribution in [2.75, 3.05) is 0 Å². The maximum atomic E-state index is 12.8. The van der Waals surface area contributed by atoms with E-state index in [4.69, 9.17) is 12.2 Å². The van der Waals surface area contributed by atoms with Gasteiger partial charge in [0.25, 0.3) is 5.91 Å². The number of nitrogens with zero attached hydrogens (tertiary/aromatic N) is 3. The molecule has 2 heterocycles. The second kappa shape index (κ2) is 4.86. The van der Waals surface area contributed by atoms with Crippen molar-refractivity contribution in [1.29, 1.82) is 0 Å². The molecule has 0 spiro atoms. The van der Waals surface area contributed by atoms with Gasteiger partial charge in [0.05, 0.1) is 10.2 Å². The van der Waals surface area contributed by atoms with Crippen molar-refractivity contribution in [3.05, 3.63) is 64.4 Å². The molecule has 6 heteroatoms. The van der Waals surface area contributed by atoms with Crippen LogP contribution in [0.25, 0.3) is 15.2 Å². The highest BCUT2D eigenvalue weighted by atomic mass is 32.1. The zero-order valence-electron chi connectivity index (χ0n) is 11.7. The second-order valence-electron chi connectivity index (χ2n) is 5.04. The Labute approximate surface area is 135 Å². The first-order chi connectivity index (χ1) is 10.6. The lowest BCUT2D eigenvalue weighted by atomic mass is 10.1. The molecule has 0 atom stereocenters. The fourth-order valence-electron chi connectivity index (χ4n) is 2.44. The van der Waals surface area contributed by atoms with Crippen LogP contribution in [0.15, 0.2) is 48.5 Å². The van der Waals surface area contributed by atoms with Gasteiger partial charge in [-0.3, -0.25) is 4.79 Å². The van der Waals surface area contributed by atoms with Crippen molar-refractivity contribution in [2.24, 2.45) is 0 Å². The summed E-state index contributed by atoms with van der Waals surface area (Å²) >= 11 is 6.81. The van der Waals surface area contributed by atoms with E-state index >= 15 is 0 Å². The Morgan fingerprint density at radius 1 is 1.14 bits per heavy atom. The van der Waals surface area contributed by atoms with Crippen LogP contribution in [0.2, 0.25) is 0 Å². The molecule has 0 saturated heterocycles. The predicted octanol–water partition coefficient (Wildman–Crippen LogP) is 4.08. The summed E-state index contributed by atoms with van der Waals surface area (Å²) in [5, 5.41) is 0. The van der Waals surface area contributed by atoms with Crippen LogP contribution < -0.4 is 0 Å². The molecule has 0 fully saturated rings. The topological polar surface area (TPSA) is 39.3 Å². The molecule has 2 aromatic carbocycles. The number of benzene rings is 2. The van der Waals surface area contributed by atoms with Crippen LogP contribution in [0.4, 0.5) is 0 Å².